The molecule has 0 heterocycles. The van der Waals surface area contributed by atoms with Gasteiger partial charge < -0.3 is 11.1 Å². The summed E-state index contributed by atoms with van der Waals surface area (Å²) in [5.74, 6) is -0.344. The Kier molecular flexibility index (Phi) is 3.97. The van der Waals surface area contributed by atoms with Crippen molar-refractivity contribution in [2.75, 3.05) is 5.32 Å². The van der Waals surface area contributed by atoms with Gasteiger partial charge in [-0.3, -0.25) is 4.79 Å². The molecule has 0 saturated heterocycles. The van der Waals surface area contributed by atoms with Crippen LogP contribution in [0.3, 0.4) is 0 Å². The third-order valence-corrected chi connectivity index (χ3v) is 3.02. The highest BCUT2D eigenvalue weighted by molar-refractivity contribution is 9.10. The number of benzene rings is 1. The largest absolute Gasteiger partial charge is 0.372 e. The van der Waals surface area contributed by atoms with Crippen LogP contribution in [-0.4, -0.2) is 11.9 Å². The van der Waals surface area contributed by atoms with E-state index >= 15 is 0 Å². The van der Waals surface area contributed by atoms with Crippen molar-refractivity contribution in [2.24, 2.45) is 11.1 Å². The van der Waals surface area contributed by atoms with Crippen LogP contribution in [0.1, 0.15) is 20.8 Å². The molecule has 0 saturated carbocycles. The van der Waals surface area contributed by atoms with Crippen molar-refractivity contribution < 1.29 is 4.79 Å². The van der Waals surface area contributed by atoms with Crippen molar-refractivity contribution in [3.63, 3.8) is 0 Å². The fourth-order valence-electron chi connectivity index (χ4n) is 1.45. The summed E-state index contributed by atoms with van der Waals surface area (Å²) in [5.41, 5.74) is 6.06. The standard InChI is InChI=1S/C12H17BrN2O/c1-12(2,3)10(11(14)16)15-9-7-5-4-6-8(9)13/h4-7,10,15H,1-3H3,(H2,14,16). The van der Waals surface area contributed by atoms with Crippen molar-refractivity contribution in [1.82, 2.24) is 0 Å². The quantitative estimate of drug-likeness (QED) is 0.897. The Hall–Kier alpha value is -1.03. The number of hydrogen-bond acceptors (Lipinski definition) is 2. The Balaban J connectivity index is 2.94. The number of carbonyl (C=O) groups is 1. The predicted octanol–water partition coefficient (Wildman–Crippen LogP) is 2.76. The molecule has 0 bridgehead atoms. The highest BCUT2D eigenvalue weighted by Gasteiger charge is 2.29. The SMILES string of the molecule is CC(C)(C)C(Nc1ccccc1Br)C(N)=O. The third-order valence-electron chi connectivity index (χ3n) is 2.32. The number of carbonyl (C=O) groups excluding carboxylic acids is 1. The molecule has 0 fully saturated rings. The average Bonchev–Trinajstić information content (AvgIpc) is 2.14. The van der Waals surface area contributed by atoms with E-state index in [1.807, 2.05) is 45.0 Å². The topological polar surface area (TPSA) is 55.1 Å². The van der Waals surface area contributed by atoms with E-state index in [-0.39, 0.29) is 11.3 Å². The highest BCUT2D eigenvalue weighted by atomic mass is 79.9. The van der Waals surface area contributed by atoms with Gasteiger partial charge in [0.25, 0.3) is 0 Å². The first-order valence-electron chi connectivity index (χ1n) is 5.13. The minimum absolute atomic E-state index is 0.221. The van der Waals surface area contributed by atoms with E-state index in [0.717, 1.165) is 10.2 Å². The number of amides is 1. The van der Waals surface area contributed by atoms with Crippen LogP contribution in [0.4, 0.5) is 5.69 Å². The van der Waals surface area contributed by atoms with Crippen LogP contribution in [0.25, 0.3) is 0 Å². The molecule has 1 unspecified atom stereocenters. The van der Waals surface area contributed by atoms with Gasteiger partial charge in [-0.15, -0.1) is 0 Å². The molecule has 0 aliphatic carbocycles. The second kappa shape index (κ2) is 4.87. The van der Waals surface area contributed by atoms with Gasteiger partial charge in [-0.05, 0) is 33.5 Å². The van der Waals surface area contributed by atoms with Crippen LogP contribution < -0.4 is 11.1 Å². The normalized spacial score (nSPS) is 13.2. The molecule has 0 radical (unpaired) electrons. The van der Waals surface area contributed by atoms with Gasteiger partial charge in [0.1, 0.15) is 6.04 Å². The fraction of sp³-hybridized carbons (Fsp3) is 0.417. The Labute approximate surface area is 105 Å². The molecule has 0 aromatic heterocycles. The number of para-hydroxylation sites is 1. The highest BCUT2D eigenvalue weighted by Crippen LogP contribution is 2.27. The minimum Gasteiger partial charge on any atom is -0.372 e. The van der Waals surface area contributed by atoms with E-state index in [0.29, 0.717) is 0 Å². The van der Waals surface area contributed by atoms with Crippen molar-refractivity contribution in [2.45, 2.75) is 26.8 Å². The summed E-state index contributed by atoms with van der Waals surface area (Å²) in [6.45, 7) is 5.94. The van der Waals surface area contributed by atoms with E-state index < -0.39 is 6.04 Å². The van der Waals surface area contributed by atoms with Crippen LogP contribution in [0, 0.1) is 5.41 Å². The molecule has 1 aromatic rings. The van der Waals surface area contributed by atoms with Gasteiger partial charge in [-0.25, -0.2) is 0 Å². The number of halogens is 1. The smallest absolute Gasteiger partial charge is 0.240 e. The zero-order valence-corrected chi connectivity index (χ0v) is 11.3. The number of nitrogens with one attached hydrogen (secondary N) is 1. The number of primary amides is 1. The molecule has 1 aromatic carbocycles. The summed E-state index contributed by atoms with van der Waals surface area (Å²) in [4.78, 5) is 11.4. The van der Waals surface area contributed by atoms with Gasteiger partial charge in [-0.1, -0.05) is 32.9 Å². The lowest BCUT2D eigenvalue weighted by atomic mass is 9.86. The maximum atomic E-state index is 11.4. The van der Waals surface area contributed by atoms with Crippen molar-refractivity contribution in [1.29, 1.82) is 0 Å². The zero-order chi connectivity index (χ0) is 12.3. The van der Waals surface area contributed by atoms with Gasteiger partial charge in [0.2, 0.25) is 5.91 Å². The van der Waals surface area contributed by atoms with E-state index in [1.54, 1.807) is 0 Å². The van der Waals surface area contributed by atoms with Gasteiger partial charge in [-0.2, -0.15) is 0 Å². The lowest BCUT2D eigenvalue weighted by Gasteiger charge is -2.29. The summed E-state index contributed by atoms with van der Waals surface area (Å²) in [5, 5.41) is 3.17. The van der Waals surface area contributed by atoms with E-state index in [4.69, 9.17) is 5.73 Å². The van der Waals surface area contributed by atoms with Crippen LogP contribution >= 0.6 is 15.9 Å². The molecule has 3 nitrogen and oxygen atoms in total. The molecular formula is C12H17BrN2O. The van der Waals surface area contributed by atoms with Gasteiger partial charge in [0.05, 0.1) is 0 Å². The minimum atomic E-state index is -0.397. The number of hydrogen-bond donors (Lipinski definition) is 2. The first kappa shape index (κ1) is 13.0. The molecule has 4 heteroatoms. The fourth-order valence-corrected chi connectivity index (χ4v) is 1.85. The number of anilines is 1. The predicted molar refractivity (Wildman–Crippen MR) is 70.2 cm³/mol. The van der Waals surface area contributed by atoms with Crippen molar-refractivity contribution in [3.8, 4) is 0 Å². The van der Waals surface area contributed by atoms with Crippen LogP contribution in [0.5, 0.6) is 0 Å². The van der Waals surface area contributed by atoms with Crippen molar-refractivity contribution in [3.05, 3.63) is 28.7 Å². The Morgan fingerprint density at radius 1 is 1.38 bits per heavy atom. The van der Waals surface area contributed by atoms with E-state index in [1.165, 1.54) is 0 Å². The lowest BCUT2D eigenvalue weighted by molar-refractivity contribution is -0.120. The Bertz CT molecular complexity index is 385. The molecule has 1 atom stereocenters. The van der Waals surface area contributed by atoms with Gasteiger partial charge in [0, 0.05) is 10.2 Å². The van der Waals surface area contributed by atoms with Gasteiger partial charge >= 0.3 is 0 Å². The Morgan fingerprint density at radius 3 is 2.38 bits per heavy atom. The first-order chi connectivity index (χ1) is 7.32. The summed E-state index contributed by atoms with van der Waals surface area (Å²) in [7, 11) is 0. The second-order valence-electron chi connectivity index (χ2n) is 4.83. The monoisotopic (exact) mass is 284 g/mol. The van der Waals surface area contributed by atoms with Gasteiger partial charge in [0.15, 0.2) is 0 Å². The van der Waals surface area contributed by atoms with Crippen LogP contribution in [0.2, 0.25) is 0 Å². The number of nitrogens with two attached hydrogens (primary N) is 1. The van der Waals surface area contributed by atoms with E-state index in [2.05, 4.69) is 21.2 Å². The Morgan fingerprint density at radius 2 is 1.94 bits per heavy atom. The average molecular weight is 285 g/mol. The maximum Gasteiger partial charge on any atom is 0.240 e. The molecule has 16 heavy (non-hydrogen) atoms. The molecular weight excluding hydrogens is 268 g/mol. The zero-order valence-electron chi connectivity index (χ0n) is 9.75. The third kappa shape index (κ3) is 3.23. The van der Waals surface area contributed by atoms with Crippen LogP contribution in [-0.2, 0) is 4.79 Å². The molecule has 1 rings (SSSR count). The first-order valence-corrected chi connectivity index (χ1v) is 5.92. The summed E-state index contributed by atoms with van der Waals surface area (Å²) in [6.07, 6.45) is 0. The molecule has 88 valence electrons. The summed E-state index contributed by atoms with van der Waals surface area (Å²) in [6, 6.07) is 7.26. The number of rotatable bonds is 3. The van der Waals surface area contributed by atoms with Crippen LogP contribution in [0.15, 0.2) is 28.7 Å². The summed E-state index contributed by atoms with van der Waals surface area (Å²) < 4.78 is 0.922. The molecule has 0 aliphatic rings. The maximum absolute atomic E-state index is 11.4. The molecule has 0 spiro atoms. The second-order valence-corrected chi connectivity index (χ2v) is 5.68. The molecule has 1 amide bonds. The molecule has 3 N–H and O–H groups in total. The van der Waals surface area contributed by atoms with Crippen molar-refractivity contribution >= 4 is 27.5 Å². The summed E-state index contributed by atoms with van der Waals surface area (Å²) >= 11 is 3.43. The van der Waals surface area contributed by atoms with E-state index in [9.17, 15) is 4.79 Å². The lowest BCUT2D eigenvalue weighted by Crippen LogP contribution is -2.45. The molecule has 0 aliphatic heterocycles.